The van der Waals surface area contributed by atoms with Crippen LogP contribution in [0.4, 0.5) is 10.1 Å². The van der Waals surface area contributed by atoms with Gasteiger partial charge in [0.15, 0.2) is 0 Å². The van der Waals surface area contributed by atoms with Crippen molar-refractivity contribution >= 4 is 11.6 Å². The molecule has 1 aromatic carbocycles. The summed E-state index contributed by atoms with van der Waals surface area (Å²) in [5.74, 6) is -0.772. The van der Waals surface area contributed by atoms with E-state index >= 15 is 0 Å². The summed E-state index contributed by atoms with van der Waals surface area (Å²) in [5, 5.41) is 2.65. The van der Waals surface area contributed by atoms with E-state index in [0.717, 1.165) is 12.0 Å². The molecule has 1 aliphatic heterocycles. The van der Waals surface area contributed by atoms with Crippen LogP contribution in [0.2, 0.25) is 0 Å². The van der Waals surface area contributed by atoms with E-state index in [1.807, 2.05) is 13.8 Å². The van der Waals surface area contributed by atoms with Crippen LogP contribution in [0, 0.1) is 24.1 Å². The quantitative estimate of drug-likeness (QED) is 0.878. The number of fused-ring (bicyclic) bond motifs is 1. The van der Waals surface area contributed by atoms with E-state index in [1.165, 1.54) is 6.07 Å². The number of rotatable bonds is 2. The molecule has 1 aromatic rings. The number of ether oxygens (including phenoxy) is 1. The fourth-order valence-corrected chi connectivity index (χ4v) is 3.79. The number of nitrogens with one attached hydrogen (secondary N) is 1. The number of halogens is 1. The molecule has 1 heterocycles. The van der Waals surface area contributed by atoms with Crippen LogP contribution in [0.15, 0.2) is 18.2 Å². The van der Waals surface area contributed by atoms with Gasteiger partial charge in [-0.2, -0.15) is 0 Å². The zero-order valence-corrected chi connectivity index (χ0v) is 12.6. The van der Waals surface area contributed by atoms with Gasteiger partial charge in [0.05, 0.1) is 11.8 Å². The van der Waals surface area contributed by atoms with Gasteiger partial charge in [-0.05, 0) is 31.0 Å². The van der Waals surface area contributed by atoms with E-state index in [2.05, 4.69) is 5.32 Å². The van der Waals surface area contributed by atoms with Crippen LogP contribution in [-0.4, -0.2) is 24.2 Å². The van der Waals surface area contributed by atoms with Gasteiger partial charge >= 0.3 is 0 Å². The summed E-state index contributed by atoms with van der Waals surface area (Å²) in [6, 6.07) is 4.72. The van der Waals surface area contributed by atoms with Crippen molar-refractivity contribution in [1.29, 1.82) is 0 Å². The number of nitrogens with two attached hydrogens (primary N) is 1. The molecule has 0 aromatic heterocycles. The second-order valence-electron chi connectivity index (χ2n) is 6.71. The van der Waals surface area contributed by atoms with Gasteiger partial charge in [-0.15, -0.1) is 0 Å². The lowest BCUT2D eigenvalue weighted by Gasteiger charge is -2.60. The molecule has 21 heavy (non-hydrogen) atoms. The maximum absolute atomic E-state index is 13.9. The highest BCUT2D eigenvalue weighted by Crippen LogP contribution is 2.58. The Morgan fingerprint density at radius 1 is 1.48 bits per heavy atom. The Morgan fingerprint density at radius 3 is 2.86 bits per heavy atom. The minimum absolute atomic E-state index is 0.000935. The third-order valence-electron chi connectivity index (χ3n) is 5.20. The van der Waals surface area contributed by atoms with Crippen LogP contribution in [0.5, 0.6) is 0 Å². The van der Waals surface area contributed by atoms with E-state index in [0.29, 0.717) is 6.61 Å². The lowest BCUT2D eigenvalue weighted by molar-refractivity contribution is -0.170. The molecule has 2 fully saturated rings. The average molecular weight is 292 g/mol. The van der Waals surface area contributed by atoms with Crippen molar-refractivity contribution in [3.63, 3.8) is 0 Å². The maximum atomic E-state index is 13.9. The standard InChI is InChI=1S/C16H21FN2O2/c1-9-4-5-12(11(17)8-9)19-14(20)16(18)10-6-7-21-13(10)15(16,2)3/h4-5,8,10,13H,6-7,18H2,1-3H3,(H,19,20). The second-order valence-corrected chi connectivity index (χ2v) is 6.71. The van der Waals surface area contributed by atoms with Gasteiger partial charge in [0.2, 0.25) is 5.91 Å². The van der Waals surface area contributed by atoms with E-state index < -0.39 is 16.8 Å². The first-order valence-electron chi connectivity index (χ1n) is 7.26. The van der Waals surface area contributed by atoms with Crippen molar-refractivity contribution in [2.75, 3.05) is 11.9 Å². The number of carbonyl (C=O) groups excluding carboxylic acids is 1. The molecule has 1 saturated heterocycles. The Morgan fingerprint density at radius 2 is 2.19 bits per heavy atom. The predicted molar refractivity (Wildman–Crippen MR) is 78.3 cm³/mol. The van der Waals surface area contributed by atoms with Gasteiger partial charge in [0.1, 0.15) is 11.4 Å². The molecular weight excluding hydrogens is 271 g/mol. The fourth-order valence-electron chi connectivity index (χ4n) is 3.79. The smallest absolute Gasteiger partial charge is 0.245 e. The molecule has 4 nitrogen and oxygen atoms in total. The molecule has 3 N–H and O–H groups in total. The largest absolute Gasteiger partial charge is 0.377 e. The SMILES string of the molecule is Cc1ccc(NC(=O)C2(N)C3CCOC3C2(C)C)c(F)c1. The summed E-state index contributed by atoms with van der Waals surface area (Å²) >= 11 is 0. The Kier molecular flexibility index (Phi) is 3.11. The van der Waals surface area contributed by atoms with Crippen molar-refractivity contribution in [3.05, 3.63) is 29.6 Å². The number of carbonyl (C=O) groups is 1. The Balaban J connectivity index is 1.85. The minimum Gasteiger partial charge on any atom is -0.377 e. The lowest BCUT2D eigenvalue weighted by Crippen LogP contribution is -2.79. The van der Waals surface area contributed by atoms with Crippen LogP contribution in [-0.2, 0) is 9.53 Å². The van der Waals surface area contributed by atoms with Gasteiger partial charge < -0.3 is 15.8 Å². The zero-order valence-electron chi connectivity index (χ0n) is 12.6. The van der Waals surface area contributed by atoms with Gasteiger partial charge in [-0.1, -0.05) is 19.9 Å². The molecule has 5 heteroatoms. The van der Waals surface area contributed by atoms with E-state index in [-0.39, 0.29) is 23.6 Å². The molecule has 1 amide bonds. The van der Waals surface area contributed by atoms with Gasteiger partial charge in [0.25, 0.3) is 0 Å². The number of benzene rings is 1. The molecule has 3 rings (SSSR count). The van der Waals surface area contributed by atoms with E-state index in [4.69, 9.17) is 10.5 Å². The van der Waals surface area contributed by atoms with Crippen LogP contribution < -0.4 is 11.1 Å². The normalized spacial score (nSPS) is 33.2. The van der Waals surface area contributed by atoms with Crippen LogP contribution in [0.1, 0.15) is 25.8 Å². The molecular formula is C16H21FN2O2. The minimum atomic E-state index is -1.02. The van der Waals surface area contributed by atoms with Crippen LogP contribution in [0.25, 0.3) is 0 Å². The summed E-state index contributed by atoms with van der Waals surface area (Å²) in [4.78, 5) is 12.7. The summed E-state index contributed by atoms with van der Waals surface area (Å²) in [5.41, 5.74) is 5.92. The summed E-state index contributed by atoms with van der Waals surface area (Å²) < 4.78 is 19.6. The van der Waals surface area contributed by atoms with Gasteiger partial charge in [-0.3, -0.25) is 4.79 Å². The topological polar surface area (TPSA) is 64.4 Å². The highest BCUT2D eigenvalue weighted by Gasteiger charge is 2.71. The number of amides is 1. The molecule has 2 aliphatic rings. The molecule has 0 bridgehead atoms. The van der Waals surface area contributed by atoms with Crippen molar-refractivity contribution in [2.45, 2.75) is 38.8 Å². The molecule has 1 saturated carbocycles. The molecule has 3 atom stereocenters. The van der Waals surface area contributed by atoms with Crippen molar-refractivity contribution in [3.8, 4) is 0 Å². The lowest BCUT2D eigenvalue weighted by atomic mass is 9.48. The first-order valence-corrected chi connectivity index (χ1v) is 7.26. The van der Waals surface area contributed by atoms with E-state index in [1.54, 1.807) is 19.1 Å². The highest BCUT2D eigenvalue weighted by molar-refractivity contribution is 6.00. The number of anilines is 1. The average Bonchev–Trinajstić information content (AvgIpc) is 2.89. The third-order valence-corrected chi connectivity index (χ3v) is 5.20. The first kappa shape index (κ1) is 14.5. The maximum Gasteiger partial charge on any atom is 0.245 e. The number of hydrogen-bond acceptors (Lipinski definition) is 3. The third kappa shape index (κ3) is 1.84. The number of aryl methyl sites for hydroxylation is 1. The molecule has 0 spiro atoms. The zero-order chi connectivity index (χ0) is 15.4. The Hall–Kier alpha value is -1.46. The molecule has 3 unspecified atom stereocenters. The first-order chi connectivity index (χ1) is 9.78. The molecule has 114 valence electrons. The second kappa shape index (κ2) is 4.52. The van der Waals surface area contributed by atoms with Gasteiger partial charge in [-0.25, -0.2) is 4.39 Å². The van der Waals surface area contributed by atoms with Crippen molar-refractivity contribution in [2.24, 2.45) is 17.1 Å². The van der Waals surface area contributed by atoms with E-state index in [9.17, 15) is 9.18 Å². The fraction of sp³-hybridized carbons (Fsp3) is 0.562. The number of hydrogen-bond donors (Lipinski definition) is 2. The molecule has 1 aliphatic carbocycles. The summed E-state index contributed by atoms with van der Waals surface area (Å²) in [6.45, 7) is 6.30. The van der Waals surface area contributed by atoms with Crippen LogP contribution in [0.3, 0.4) is 0 Å². The Labute approximate surface area is 123 Å². The summed E-state index contributed by atoms with van der Waals surface area (Å²) in [7, 11) is 0. The summed E-state index contributed by atoms with van der Waals surface area (Å²) in [6.07, 6.45) is 0.783. The Bertz CT molecular complexity index is 602. The highest BCUT2D eigenvalue weighted by atomic mass is 19.1. The van der Waals surface area contributed by atoms with Gasteiger partial charge in [0, 0.05) is 17.9 Å². The van der Waals surface area contributed by atoms with Crippen molar-refractivity contribution < 1.29 is 13.9 Å². The predicted octanol–water partition coefficient (Wildman–Crippen LogP) is 2.22. The monoisotopic (exact) mass is 292 g/mol. The van der Waals surface area contributed by atoms with Crippen molar-refractivity contribution in [1.82, 2.24) is 0 Å². The molecule has 0 radical (unpaired) electrons. The van der Waals surface area contributed by atoms with Crippen LogP contribution >= 0.6 is 0 Å².